The molecule has 1 saturated carbocycles. The van der Waals surface area contributed by atoms with Crippen molar-refractivity contribution in [2.45, 2.75) is 52.2 Å². The monoisotopic (exact) mass is 248 g/mol. The molecule has 1 fully saturated rings. The Morgan fingerprint density at radius 1 is 1.39 bits per heavy atom. The molecule has 0 aromatic carbocycles. The Hall–Kier alpha value is -1.09. The van der Waals surface area contributed by atoms with Crippen LogP contribution in [0.5, 0.6) is 0 Å². The maximum Gasteiger partial charge on any atom is 0.134 e. The van der Waals surface area contributed by atoms with Crippen LogP contribution < -0.4 is 4.90 Å². The third kappa shape index (κ3) is 2.83. The number of aromatic nitrogens is 1. The molecule has 18 heavy (non-hydrogen) atoms. The molecule has 0 radical (unpaired) electrons. The van der Waals surface area contributed by atoms with Gasteiger partial charge >= 0.3 is 0 Å². The van der Waals surface area contributed by atoms with Gasteiger partial charge in [-0.3, -0.25) is 0 Å². The lowest BCUT2D eigenvalue weighted by Gasteiger charge is -2.39. The first-order valence-corrected chi connectivity index (χ1v) is 6.81. The van der Waals surface area contributed by atoms with E-state index in [-0.39, 0.29) is 6.61 Å². The van der Waals surface area contributed by atoms with Gasteiger partial charge in [0, 0.05) is 24.8 Å². The third-order valence-corrected chi connectivity index (χ3v) is 4.23. The molecule has 0 bridgehead atoms. The van der Waals surface area contributed by atoms with Gasteiger partial charge in [-0.2, -0.15) is 0 Å². The number of nitrogens with zero attached hydrogens (tertiary/aromatic N) is 2. The van der Waals surface area contributed by atoms with Crippen molar-refractivity contribution in [1.82, 2.24) is 4.98 Å². The van der Waals surface area contributed by atoms with Crippen molar-refractivity contribution in [3.05, 3.63) is 23.9 Å². The van der Waals surface area contributed by atoms with Crippen LogP contribution in [0.1, 0.15) is 45.1 Å². The molecule has 0 aliphatic heterocycles. The average Bonchev–Trinajstić information content (AvgIpc) is 2.38. The molecule has 0 amide bonds. The van der Waals surface area contributed by atoms with Gasteiger partial charge in [-0.15, -0.1) is 0 Å². The molecule has 2 rings (SSSR count). The first-order valence-electron chi connectivity index (χ1n) is 6.81. The van der Waals surface area contributed by atoms with Crippen molar-refractivity contribution in [2.24, 2.45) is 5.41 Å². The highest BCUT2D eigenvalue weighted by Crippen LogP contribution is 2.37. The number of pyridine rings is 1. The van der Waals surface area contributed by atoms with Crippen molar-refractivity contribution >= 4 is 5.82 Å². The van der Waals surface area contributed by atoms with E-state index in [4.69, 9.17) is 0 Å². The topological polar surface area (TPSA) is 36.4 Å². The highest BCUT2D eigenvalue weighted by molar-refractivity contribution is 5.46. The van der Waals surface area contributed by atoms with Crippen LogP contribution in [0.2, 0.25) is 0 Å². The summed E-state index contributed by atoms with van der Waals surface area (Å²) in [4.78, 5) is 6.68. The number of rotatable bonds is 3. The fourth-order valence-electron chi connectivity index (χ4n) is 2.82. The zero-order chi connectivity index (χ0) is 13.2. The summed E-state index contributed by atoms with van der Waals surface area (Å²) in [7, 11) is 2.10. The molecule has 1 aliphatic rings. The molecular weight excluding hydrogens is 224 g/mol. The molecule has 1 aromatic heterocycles. The Labute approximate surface area is 110 Å². The van der Waals surface area contributed by atoms with Crippen LogP contribution in [0.3, 0.4) is 0 Å². The summed E-state index contributed by atoms with van der Waals surface area (Å²) in [5.41, 5.74) is 1.41. The molecule has 1 N–H and O–H groups in total. The molecule has 1 aromatic rings. The molecule has 0 unspecified atom stereocenters. The number of hydrogen-bond donors (Lipinski definition) is 1. The minimum atomic E-state index is 0.0612. The molecule has 1 aliphatic carbocycles. The van der Waals surface area contributed by atoms with E-state index in [1.54, 1.807) is 6.20 Å². The largest absolute Gasteiger partial charge is 0.392 e. The second-order valence-corrected chi connectivity index (χ2v) is 6.15. The van der Waals surface area contributed by atoms with E-state index < -0.39 is 0 Å². The number of anilines is 1. The number of aliphatic hydroxyl groups excluding tert-OH is 1. The van der Waals surface area contributed by atoms with Gasteiger partial charge in [0.2, 0.25) is 0 Å². The van der Waals surface area contributed by atoms with E-state index in [2.05, 4.69) is 30.8 Å². The van der Waals surface area contributed by atoms with Crippen LogP contribution in [0.25, 0.3) is 0 Å². The lowest BCUT2D eigenvalue weighted by atomic mass is 9.75. The Kier molecular flexibility index (Phi) is 3.91. The van der Waals surface area contributed by atoms with E-state index in [1.807, 2.05) is 12.1 Å². The normalized spacial score (nSPS) is 19.8. The fourth-order valence-corrected chi connectivity index (χ4v) is 2.82. The Morgan fingerprint density at radius 2 is 2.06 bits per heavy atom. The standard InChI is InChI=1S/C15H24N2O/c1-15(2)8-6-13(7-9-15)17(3)14-12(11-18)5-4-10-16-14/h4-5,10,13,18H,6-9,11H2,1-3H3. The molecule has 1 heterocycles. The van der Waals surface area contributed by atoms with Gasteiger partial charge in [0.25, 0.3) is 0 Å². The van der Waals surface area contributed by atoms with Gasteiger partial charge in [-0.1, -0.05) is 19.9 Å². The zero-order valence-corrected chi connectivity index (χ0v) is 11.7. The van der Waals surface area contributed by atoms with Crippen LogP contribution >= 0.6 is 0 Å². The van der Waals surface area contributed by atoms with E-state index in [1.165, 1.54) is 25.7 Å². The second kappa shape index (κ2) is 5.27. The minimum Gasteiger partial charge on any atom is -0.392 e. The fraction of sp³-hybridized carbons (Fsp3) is 0.667. The van der Waals surface area contributed by atoms with Crippen molar-refractivity contribution in [3.63, 3.8) is 0 Å². The first kappa shape index (κ1) is 13.3. The maximum atomic E-state index is 9.38. The summed E-state index contributed by atoms with van der Waals surface area (Å²) in [6.07, 6.45) is 6.76. The number of aliphatic hydroxyl groups is 1. The average molecular weight is 248 g/mol. The summed E-state index contributed by atoms with van der Waals surface area (Å²) >= 11 is 0. The number of hydrogen-bond acceptors (Lipinski definition) is 3. The highest BCUT2D eigenvalue weighted by Gasteiger charge is 2.29. The molecule has 3 heteroatoms. The Morgan fingerprint density at radius 3 is 2.67 bits per heavy atom. The van der Waals surface area contributed by atoms with E-state index in [9.17, 15) is 5.11 Å². The predicted molar refractivity (Wildman–Crippen MR) is 74.6 cm³/mol. The predicted octanol–water partition coefficient (Wildman–Crippen LogP) is 2.98. The van der Waals surface area contributed by atoms with Gasteiger partial charge in [-0.25, -0.2) is 4.98 Å². The summed E-state index contributed by atoms with van der Waals surface area (Å²) < 4.78 is 0. The summed E-state index contributed by atoms with van der Waals surface area (Å²) in [6.45, 7) is 4.76. The van der Waals surface area contributed by atoms with E-state index in [0.717, 1.165) is 11.4 Å². The summed E-state index contributed by atoms with van der Waals surface area (Å²) in [6, 6.07) is 4.39. The minimum absolute atomic E-state index is 0.0612. The van der Waals surface area contributed by atoms with Crippen molar-refractivity contribution in [1.29, 1.82) is 0 Å². The van der Waals surface area contributed by atoms with Crippen molar-refractivity contribution in [3.8, 4) is 0 Å². The van der Waals surface area contributed by atoms with Gasteiger partial charge in [0.1, 0.15) is 5.82 Å². The molecule has 0 atom stereocenters. The second-order valence-electron chi connectivity index (χ2n) is 6.15. The highest BCUT2D eigenvalue weighted by atomic mass is 16.3. The molecule has 0 saturated heterocycles. The van der Waals surface area contributed by atoms with Gasteiger partial charge in [0.15, 0.2) is 0 Å². The first-order chi connectivity index (χ1) is 8.53. The Bertz CT molecular complexity index is 393. The quantitative estimate of drug-likeness (QED) is 0.893. The van der Waals surface area contributed by atoms with Crippen LogP contribution in [-0.2, 0) is 6.61 Å². The lowest BCUT2D eigenvalue weighted by Crippen LogP contribution is -2.38. The smallest absolute Gasteiger partial charge is 0.134 e. The van der Waals surface area contributed by atoms with Crippen LogP contribution in [0, 0.1) is 5.41 Å². The van der Waals surface area contributed by atoms with Crippen LogP contribution in [0.15, 0.2) is 18.3 Å². The molecule has 3 nitrogen and oxygen atoms in total. The molecule has 100 valence electrons. The molecular formula is C15H24N2O. The van der Waals surface area contributed by atoms with Crippen molar-refractivity contribution < 1.29 is 5.11 Å². The van der Waals surface area contributed by atoms with Gasteiger partial charge < -0.3 is 10.0 Å². The van der Waals surface area contributed by atoms with Crippen LogP contribution in [0.4, 0.5) is 5.82 Å². The summed E-state index contributed by atoms with van der Waals surface area (Å²) in [5.74, 6) is 0.935. The zero-order valence-electron chi connectivity index (χ0n) is 11.7. The van der Waals surface area contributed by atoms with Crippen LogP contribution in [-0.4, -0.2) is 23.2 Å². The van der Waals surface area contributed by atoms with Crippen molar-refractivity contribution in [2.75, 3.05) is 11.9 Å². The maximum absolute atomic E-state index is 9.38. The SMILES string of the molecule is CN(c1ncccc1CO)C1CCC(C)(C)CC1. The van der Waals surface area contributed by atoms with Gasteiger partial charge in [-0.05, 0) is 37.2 Å². The third-order valence-electron chi connectivity index (χ3n) is 4.23. The summed E-state index contributed by atoms with van der Waals surface area (Å²) in [5, 5.41) is 9.38. The molecule has 0 spiro atoms. The van der Waals surface area contributed by atoms with E-state index in [0.29, 0.717) is 11.5 Å². The Balaban J connectivity index is 2.10. The lowest BCUT2D eigenvalue weighted by molar-refractivity contribution is 0.221. The van der Waals surface area contributed by atoms with E-state index >= 15 is 0 Å². The van der Waals surface area contributed by atoms with Gasteiger partial charge in [0.05, 0.1) is 6.61 Å².